The van der Waals surface area contributed by atoms with Gasteiger partial charge in [0.15, 0.2) is 0 Å². The van der Waals surface area contributed by atoms with E-state index in [1.807, 2.05) is 0 Å². The molecule has 1 aromatic carbocycles. The average Bonchev–Trinajstić information content (AvgIpc) is 2.71. The first-order valence-corrected chi connectivity index (χ1v) is 7.38. The lowest BCUT2D eigenvalue weighted by molar-refractivity contribution is 0.0613. The quantitative estimate of drug-likeness (QED) is 0.792. The first-order chi connectivity index (χ1) is 9.68. The predicted octanol–water partition coefficient (Wildman–Crippen LogP) is 2.16. The van der Waals surface area contributed by atoms with Gasteiger partial charge in [0.25, 0.3) is 11.8 Å². The summed E-state index contributed by atoms with van der Waals surface area (Å²) in [6.07, 6.45) is 3.71. The van der Waals surface area contributed by atoms with Gasteiger partial charge in [0.2, 0.25) is 0 Å². The summed E-state index contributed by atoms with van der Waals surface area (Å²) >= 11 is 0. The molecule has 0 radical (unpaired) electrons. The molecule has 2 amide bonds. The summed E-state index contributed by atoms with van der Waals surface area (Å²) in [6.45, 7) is 4.58. The Morgan fingerprint density at radius 1 is 1.05 bits per heavy atom. The van der Waals surface area contributed by atoms with Gasteiger partial charge in [0, 0.05) is 19.1 Å². The molecule has 2 aliphatic rings. The Morgan fingerprint density at radius 2 is 1.70 bits per heavy atom. The highest BCUT2D eigenvalue weighted by atomic mass is 16.2. The number of carbonyl (C=O) groups is 2. The van der Waals surface area contributed by atoms with E-state index in [1.54, 1.807) is 24.3 Å². The summed E-state index contributed by atoms with van der Waals surface area (Å²) in [4.78, 5) is 28.3. The first-order valence-electron chi connectivity index (χ1n) is 7.38. The third-order valence-corrected chi connectivity index (χ3v) is 4.43. The molecule has 1 atom stereocenters. The van der Waals surface area contributed by atoms with Crippen LogP contribution in [0.15, 0.2) is 24.3 Å². The predicted molar refractivity (Wildman–Crippen MR) is 76.7 cm³/mol. The van der Waals surface area contributed by atoms with Gasteiger partial charge >= 0.3 is 0 Å². The van der Waals surface area contributed by atoms with E-state index in [0.717, 1.165) is 13.1 Å². The molecule has 106 valence electrons. The van der Waals surface area contributed by atoms with Crippen LogP contribution in [0, 0.1) is 0 Å². The van der Waals surface area contributed by atoms with E-state index in [2.05, 4.69) is 11.8 Å². The molecule has 0 aliphatic carbocycles. The van der Waals surface area contributed by atoms with Crippen molar-refractivity contribution in [3.63, 3.8) is 0 Å². The molecule has 0 saturated carbocycles. The maximum Gasteiger partial charge on any atom is 0.261 e. The Labute approximate surface area is 119 Å². The van der Waals surface area contributed by atoms with Crippen LogP contribution < -0.4 is 0 Å². The number of benzene rings is 1. The first kappa shape index (κ1) is 13.3. The molecular weight excluding hydrogens is 252 g/mol. The number of hydrogen-bond donors (Lipinski definition) is 0. The molecule has 2 aliphatic heterocycles. The normalized spacial score (nSPS) is 23.2. The maximum atomic E-state index is 12.2. The fourth-order valence-electron chi connectivity index (χ4n) is 3.16. The molecule has 0 spiro atoms. The Bertz CT molecular complexity index is 506. The molecule has 0 N–H and O–H groups in total. The van der Waals surface area contributed by atoms with Crippen LogP contribution in [0.5, 0.6) is 0 Å². The van der Waals surface area contributed by atoms with E-state index in [9.17, 15) is 9.59 Å². The third kappa shape index (κ3) is 2.24. The second-order valence-corrected chi connectivity index (χ2v) is 5.69. The summed E-state index contributed by atoms with van der Waals surface area (Å²) in [5, 5.41) is 0. The Hall–Kier alpha value is -1.68. The number of piperidine rings is 1. The number of nitrogens with zero attached hydrogens (tertiary/aromatic N) is 2. The van der Waals surface area contributed by atoms with E-state index >= 15 is 0 Å². The van der Waals surface area contributed by atoms with Gasteiger partial charge in [-0.25, -0.2) is 0 Å². The standard InChI is InChI=1S/C16H20N2O2/c1-12-6-4-5-9-17(12)10-11-18-15(19)13-7-2-3-8-14(13)16(18)20/h2-3,7-8,12H,4-6,9-11H2,1H3. The van der Waals surface area contributed by atoms with Crippen molar-refractivity contribution in [3.8, 4) is 0 Å². The minimum Gasteiger partial charge on any atom is -0.299 e. The fraction of sp³-hybridized carbons (Fsp3) is 0.500. The number of imide groups is 1. The second kappa shape index (κ2) is 5.37. The van der Waals surface area contributed by atoms with Gasteiger partial charge < -0.3 is 0 Å². The van der Waals surface area contributed by atoms with Gasteiger partial charge in [-0.3, -0.25) is 19.4 Å². The molecule has 1 saturated heterocycles. The molecule has 1 aromatic rings. The minimum atomic E-state index is -0.143. The van der Waals surface area contributed by atoms with Crippen molar-refractivity contribution in [1.29, 1.82) is 0 Å². The highest BCUT2D eigenvalue weighted by Crippen LogP contribution is 2.23. The van der Waals surface area contributed by atoms with Crippen LogP contribution in [0.4, 0.5) is 0 Å². The topological polar surface area (TPSA) is 40.6 Å². The lowest BCUT2D eigenvalue weighted by Crippen LogP contribution is -2.43. The van der Waals surface area contributed by atoms with Crippen LogP contribution in [-0.4, -0.2) is 47.3 Å². The Kier molecular flexibility index (Phi) is 3.57. The number of likely N-dealkylation sites (tertiary alicyclic amines) is 1. The molecule has 20 heavy (non-hydrogen) atoms. The summed E-state index contributed by atoms with van der Waals surface area (Å²) in [5.41, 5.74) is 1.09. The second-order valence-electron chi connectivity index (χ2n) is 5.69. The van der Waals surface area contributed by atoms with Crippen LogP contribution in [0.1, 0.15) is 46.9 Å². The molecule has 3 rings (SSSR count). The highest BCUT2D eigenvalue weighted by Gasteiger charge is 2.35. The maximum absolute atomic E-state index is 12.2. The van der Waals surface area contributed by atoms with Crippen molar-refractivity contribution < 1.29 is 9.59 Å². The lowest BCUT2D eigenvalue weighted by Gasteiger charge is -2.34. The van der Waals surface area contributed by atoms with Crippen molar-refractivity contribution in [2.45, 2.75) is 32.2 Å². The van der Waals surface area contributed by atoms with Gasteiger partial charge in [0.05, 0.1) is 11.1 Å². The van der Waals surface area contributed by atoms with Crippen molar-refractivity contribution >= 4 is 11.8 Å². The molecule has 4 nitrogen and oxygen atoms in total. The van der Waals surface area contributed by atoms with Gasteiger partial charge in [-0.15, -0.1) is 0 Å². The third-order valence-electron chi connectivity index (χ3n) is 4.43. The zero-order valence-corrected chi connectivity index (χ0v) is 11.8. The van der Waals surface area contributed by atoms with Crippen LogP contribution in [-0.2, 0) is 0 Å². The molecule has 1 fully saturated rings. The van der Waals surface area contributed by atoms with E-state index in [4.69, 9.17) is 0 Å². The summed E-state index contributed by atoms with van der Waals surface area (Å²) in [5.74, 6) is -0.287. The van der Waals surface area contributed by atoms with Crippen molar-refractivity contribution in [2.75, 3.05) is 19.6 Å². The van der Waals surface area contributed by atoms with E-state index in [0.29, 0.717) is 23.7 Å². The Morgan fingerprint density at radius 3 is 2.30 bits per heavy atom. The highest BCUT2D eigenvalue weighted by molar-refractivity contribution is 6.21. The van der Waals surface area contributed by atoms with E-state index < -0.39 is 0 Å². The molecule has 4 heteroatoms. The fourth-order valence-corrected chi connectivity index (χ4v) is 3.16. The van der Waals surface area contributed by atoms with Gasteiger partial charge in [-0.1, -0.05) is 18.6 Å². The van der Waals surface area contributed by atoms with Gasteiger partial charge in [0.1, 0.15) is 0 Å². The summed E-state index contributed by atoms with van der Waals surface area (Å²) in [7, 11) is 0. The smallest absolute Gasteiger partial charge is 0.261 e. The van der Waals surface area contributed by atoms with Crippen LogP contribution in [0.25, 0.3) is 0 Å². The molecule has 1 unspecified atom stereocenters. The van der Waals surface area contributed by atoms with Gasteiger partial charge in [-0.05, 0) is 38.4 Å². The largest absolute Gasteiger partial charge is 0.299 e. The zero-order valence-electron chi connectivity index (χ0n) is 11.8. The molecular formula is C16H20N2O2. The van der Waals surface area contributed by atoms with Gasteiger partial charge in [-0.2, -0.15) is 0 Å². The van der Waals surface area contributed by atoms with E-state index in [1.165, 1.54) is 24.2 Å². The molecule has 2 heterocycles. The van der Waals surface area contributed by atoms with Crippen molar-refractivity contribution in [3.05, 3.63) is 35.4 Å². The van der Waals surface area contributed by atoms with Crippen LogP contribution in [0.2, 0.25) is 0 Å². The van der Waals surface area contributed by atoms with Crippen LogP contribution >= 0.6 is 0 Å². The van der Waals surface area contributed by atoms with Crippen LogP contribution in [0.3, 0.4) is 0 Å². The number of rotatable bonds is 3. The number of carbonyl (C=O) groups excluding carboxylic acids is 2. The average molecular weight is 272 g/mol. The minimum absolute atomic E-state index is 0.143. The number of hydrogen-bond acceptors (Lipinski definition) is 3. The number of amides is 2. The van der Waals surface area contributed by atoms with E-state index in [-0.39, 0.29) is 11.8 Å². The monoisotopic (exact) mass is 272 g/mol. The summed E-state index contributed by atoms with van der Waals surface area (Å²) in [6, 6.07) is 7.64. The van der Waals surface area contributed by atoms with Crippen molar-refractivity contribution in [1.82, 2.24) is 9.80 Å². The summed E-state index contributed by atoms with van der Waals surface area (Å²) < 4.78 is 0. The lowest BCUT2D eigenvalue weighted by atomic mass is 10.0. The Balaban J connectivity index is 1.67. The zero-order chi connectivity index (χ0) is 14.1. The number of fused-ring (bicyclic) bond motifs is 1. The molecule has 0 aromatic heterocycles. The van der Waals surface area contributed by atoms with Crippen molar-refractivity contribution in [2.24, 2.45) is 0 Å². The SMILES string of the molecule is CC1CCCCN1CCN1C(=O)c2ccccc2C1=O. The molecule has 0 bridgehead atoms.